The minimum atomic E-state index is -0.630. The van der Waals surface area contributed by atoms with Gasteiger partial charge in [-0.25, -0.2) is 0 Å². The summed E-state index contributed by atoms with van der Waals surface area (Å²) in [5.41, 5.74) is 1.04. The highest BCUT2D eigenvalue weighted by atomic mass is 35.5. The number of halogens is 1. The summed E-state index contributed by atoms with van der Waals surface area (Å²) in [7, 11) is 1.34. The molecule has 0 aliphatic carbocycles. The van der Waals surface area contributed by atoms with Crippen molar-refractivity contribution in [2.24, 2.45) is 11.8 Å². The number of likely N-dealkylation sites (tertiary alicyclic amines) is 1. The maximum absolute atomic E-state index is 11.9. The lowest BCUT2D eigenvalue weighted by atomic mass is 9.80. The Labute approximate surface area is 161 Å². The zero-order chi connectivity index (χ0) is 18.0. The van der Waals surface area contributed by atoms with E-state index in [0.717, 1.165) is 31.7 Å². The highest BCUT2D eigenvalue weighted by Gasteiger charge is 2.38. The molecule has 2 aliphatic rings. The van der Waals surface area contributed by atoms with Crippen LogP contribution in [0.3, 0.4) is 0 Å². The van der Waals surface area contributed by atoms with E-state index < -0.39 is 11.9 Å². The normalized spacial score (nSPS) is 24.8. The van der Waals surface area contributed by atoms with Crippen LogP contribution in [-0.4, -0.2) is 49.0 Å². The second-order valence-corrected chi connectivity index (χ2v) is 7.60. The number of para-hydroxylation sites is 1. The van der Waals surface area contributed by atoms with Crippen molar-refractivity contribution in [3.05, 3.63) is 29.8 Å². The fourth-order valence-corrected chi connectivity index (χ4v) is 3.88. The van der Waals surface area contributed by atoms with Gasteiger partial charge in [0.05, 0.1) is 7.11 Å². The first-order chi connectivity index (χ1) is 11.9. The van der Waals surface area contributed by atoms with Gasteiger partial charge in [-0.3, -0.25) is 9.59 Å². The number of methoxy groups -OCH3 is 1. The van der Waals surface area contributed by atoms with Crippen LogP contribution in [0.25, 0.3) is 0 Å². The van der Waals surface area contributed by atoms with E-state index in [1.54, 1.807) is 0 Å². The fraction of sp³-hybridized carbons (Fsp3) is 0.600. The van der Waals surface area contributed by atoms with Crippen LogP contribution in [-0.2, 0) is 20.7 Å². The molecule has 1 saturated heterocycles. The van der Waals surface area contributed by atoms with Gasteiger partial charge in [0.1, 0.15) is 23.1 Å². The van der Waals surface area contributed by atoms with Crippen molar-refractivity contribution in [2.45, 2.75) is 38.7 Å². The molecule has 0 bridgehead atoms. The van der Waals surface area contributed by atoms with Crippen LogP contribution < -0.4 is 4.74 Å². The van der Waals surface area contributed by atoms with Crippen LogP contribution in [0.5, 0.6) is 5.75 Å². The number of ether oxygens (including phenoxy) is 2. The van der Waals surface area contributed by atoms with Gasteiger partial charge in [-0.2, -0.15) is 0 Å². The van der Waals surface area contributed by atoms with Crippen LogP contribution >= 0.6 is 12.4 Å². The third-order valence-electron chi connectivity index (χ3n) is 5.58. The van der Waals surface area contributed by atoms with E-state index in [1.807, 2.05) is 12.1 Å². The number of hydrogen-bond donors (Lipinski definition) is 0. The molecule has 5 nitrogen and oxygen atoms in total. The molecule has 2 atom stereocenters. The van der Waals surface area contributed by atoms with E-state index in [1.165, 1.54) is 12.7 Å². The summed E-state index contributed by atoms with van der Waals surface area (Å²) in [6.07, 6.45) is 2.40. The van der Waals surface area contributed by atoms with Crippen molar-refractivity contribution in [3.8, 4) is 5.75 Å². The molecule has 0 N–H and O–H groups in total. The van der Waals surface area contributed by atoms with Crippen LogP contribution in [0.2, 0.25) is 0 Å². The molecular weight excluding hydrogens is 354 g/mol. The number of rotatable bonds is 4. The van der Waals surface area contributed by atoms with Crippen molar-refractivity contribution in [2.75, 3.05) is 26.7 Å². The Morgan fingerprint density at radius 2 is 2.08 bits per heavy atom. The molecule has 2 heterocycles. The van der Waals surface area contributed by atoms with Gasteiger partial charge in [0, 0.05) is 25.4 Å². The first-order valence-corrected chi connectivity index (χ1v) is 9.00. The van der Waals surface area contributed by atoms with Gasteiger partial charge >= 0.3 is 5.97 Å². The lowest BCUT2D eigenvalue weighted by Gasteiger charge is -2.41. The van der Waals surface area contributed by atoms with Crippen molar-refractivity contribution >= 4 is 24.2 Å². The van der Waals surface area contributed by atoms with Gasteiger partial charge in [0.2, 0.25) is 0 Å². The van der Waals surface area contributed by atoms with Gasteiger partial charge in [-0.1, -0.05) is 18.2 Å². The highest BCUT2D eigenvalue weighted by molar-refractivity contribution is 5.99. The van der Waals surface area contributed by atoms with Gasteiger partial charge in [0.15, 0.2) is 0 Å². The molecule has 1 aromatic rings. The molecule has 6 heteroatoms. The van der Waals surface area contributed by atoms with Gasteiger partial charge < -0.3 is 14.4 Å². The van der Waals surface area contributed by atoms with Crippen molar-refractivity contribution in [3.63, 3.8) is 0 Å². The lowest BCUT2D eigenvalue weighted by molar-refractivity contribution is -0.151. The smallest absolute Gasteiger partial charge is 0.317 e. The topological polar surface area (TPSA) is 55.8 Å². The number of Topliss-reactive ketones (excluding diaryl/α,β-unsaturated/α-hetero) is 1. The summed E-state index contributed by atoms with van der Waals surface area (Å²) < 4.78 is 11.0. The Bertz CT molecular complexity index is 653. The average molecular weight is 382 g/mol. The van der Waals surface area contributed by atoms with Crippen molar-refractivity contribution < 1.29 is 19.1 Å². The molecule has 1 aromatic carbocycles. The Morgan fingerprint density at radius 3 is 2.81 bits per heavy atom. The number of carbonyl (C=O) groups is 2. The predicted octanol–water partition coefficient (Wildman–Crippen LogP) is 2.89. The summed E-state index contributed by atoms with van der Waals surface area (Å²) in [5.74, 6) is 0.341. The molecular formula is C20H28ClNO4. The van der Waals surface area contributed by atoms with E-state index in [2.05, 4.69) is 30.9 Å². The maximum atomic E-state index is 11.9. The minimum Gasteiger partial charge on any atom is -0.487 e. The Morgan fingerprint density at radius 1 is 1.35 bits per heavy atom. The molecule has 26 heavy (non-hydrogen) atoms. The van der Waals surface area contributed by atoms with Gasteiger partial charge in [0.25, 0.3) is 0 Å². The van der Waals surface area contributed by atoms with E-state index in [0.29, 0.717) is 18.9 Å². The number of carbonyl (C=O) groups excluding carboxylic acids is 2. The fourth-order valence-electron chi connectivity index (χ4n) is 3.88. The predicted molar refractivity (Wildman–Crippen MR) is 102 cm³/mol. The zero-order valence-electron chi connectivity index (χ0n) is 15.7. The quantitative estimate of drug-likeness (QED) is 0.593. The Hall–Kier alpha value is -1.59. The number of piperidine rings is 1. The maximum Gasteiger partial charge on any atom is 0.317 e. The van der Waals surface area contributed by atoms with E-state index in [4.69, 9.17) is 9.47 Å². The number of fused-ring (bicyclic) bond motifs is 1. The molecule has 0 saturated carbocycles. The van der Waals surface area contributed by atoms with Crippen molar-refractivity contribution in [1.82, 2.24) is 4.90 Å². The largest absolute Gasteiger partial charge is 0.487 e. The molecule has 2 unspecified atom stereocenters. The van der Waals surface area contributed by atoms with Gasteiger partial charge in [-0.15, -0.1) is 12.4 Å². The Kier molecular flexibility index (Phi) is 6.69. The molecule has 144 valence electrons. The second-order valence-electron chi connectivity index (χ2n) is 7.60. The first kappa shape index (κ1) is 20.7. The average Bonchev–Trinajstić information content (AvgIpc) is 2.59. The summed E-state index contributed by atoms with van der Waals surface area (Å²) >= 11 is 0. The molecule has 0 radical (unpaired) electrons. The number of nitrogens with zero attached hydrogens (tertiary/aromatic N) is 1. The van der Waals surface area contributed by atoms with E-state index >= 15 is 0 Å². The number of benzene rings is 1. The van der Waals surface area contributed by atoms with Crippen LogP contribution in [0.15, 0.2) is 24.3 Å². The summed E-state index contributed by atoms with van der Waals surface area (Å²) in [4.78, 5) is 25.9. The number of hydrogen-bond acceptors (Lipinski definition) is 5. The zero-order valence-corrected chi connectivity index (χ0v) is 16.5. The monoisotopic (exact) mass is 381 g/mol. The number of esters is 1. The molecule has 2 aliphatic heterocycles. The van der Waals surface area contributed by atoms with Crippen LogP contribution in [0.1, 0.15) is 32.3 Å². The third kappa shape index (κ3) is 4.38. The molecule has 3 rings (SSSR count). The number of ketones is 1. The first-order valence-electron chi connectivity index (χ1n) is 9.00. The lowest BCUT2D eigenvalue weighted by Crippen LogP contribution is -2.47. The van der Waals surface area contributed by atoms with E-state index in [-0.39, 0.29) is 23.8 Å². The standard InChI is InChI=1S/C20H27NO4.ClH/c1-20(2)15(12-14-6-4-5-7-18(14)25-20)8-10-21-11-9-17(22)16(13-21)19(23)24-3;/h4-7,15-16H,8-13H2,1-3H3;1H. The second kappa shape index (κ2) is 8.40. The molecule has 0 aromatic heterocycles. The molecule has 0 spiro atoms. The Balaban J connectivity index is 0.00000243. The SMILES string of the molecule is COC(=O)C1CN(CCC2Cc3ccccc3OC2(C)C)CCC1=O.Cl. The molecule has 1 fully saturated rings. The molecule has 0 amide bonds. The third-order valence-corrected chi connectivity index (χ3v) is 5.58. The summed E-state index contributed by atoms with van der Waals surface area (Å²) in [6, 6.07) is 8.22. The minimum absolute atomic E-state index is 0. The van der Waals surface area contributed by atoms with Crippen LogP contribution in [0, 0.1) is 11.8 Å². The van der Waals surface area contributed by atoms with E-state index in [9.17, 15) is 9.59 Å². The van der Waals surface area contributed by atoms with Crippen LogP contribution in [0.4, 0.5) is 0 Å². The van der Waals surface area contributed by atoms with Crippen molar-refractivity contribution in [1.29, 1.82) is 0 Å². The summed E-state index contributed by atoms with van der Waals surface area (Å²) in [5, 5.41) is 0. The summed E-state index contributed by atoms with van der Waals surface area (Å²) in [6.45, 7) is 6.34. The van der Waals surface area contributed by atoms with Gasteiger partial charge in [-0.05, 0) is 44.9 Å². The highest BCUT2D eigenvalue weighted by Crippen LogP contribution is 2.38.